The highest BCUT2D eigenvalue weighted by atomic mass is 16.4. The number of hydrogen-bond acceptors (Lipinski definition) is 4. The highest BCUT2D eigenvalue weighted by molar-refractivity contribution is 5.84. The van der Waals surface area contributed by atoms with E-state index in [1.807, 2.05) is 0 Å². The highest BCUT2D eigenvalue weighted by Gasteiger charge is 2.22. The number of rotatable bonds is 15. The van der Waals surface area contributed by atoms with Gasteiger partial charge in [0, 0.05) is 44.0 Å². The van der Waals surface area contributed by atoms with Gasteiger partial charge in [-0.05, 0) is 12.8 Å². The van der Waals surface area contributed by atoms with Crippen molar-refractivity contribution in [1.29, 1.82) is 0 Å². The number of nitrogens with zero attached hydrogens (tertiary/aromatic N) is 1. The molecule has 0 amide bonds. The summed E-state index contributed by atoms with van der Waals surface area (Å²) in [6.45, 7) is 2.16. The van der Waals surface area contributed by atoms with Crippen molar-refractivity contribution in [3.63, 3.8) is 0 Å². The summed E-state index contributed by atoms with van der Waals surface area (Å²) in [4.78, 5) is 41.8. The van der Waals surface area contributed by atoms with Crippen LogP contribution in [0.25, 0.3) is 0 Å². The molecule has 1 unspecified atom stereocenters. The Morgan fingerprint density at radius 3 is 2.36 bits per heavy atom. The molecule has 1 aromatic heterocycles. The molecule has 140 valence electrons. The second kappa shape index (κ2) is 12.4. The molecule has 0 saturated heterocycles. The maximum atomic E-state index is 12.0. The fourth-order valence-corrected chi connectivity index (χ4v) is 2.82. The van der Waals surface area contributed by atoms with Crippen molar-refractivity contribution in [1.82, 2.24) is 9.97 Å². The molecule has 1 atom stereocenters. The van der Waals surface area contributed by atoms with E-state index in [-0.39, 0.29) is 30.8 Å². The van der Waals surface area contributed by atoms with Gasteiger partial charge in [0.15, 0.2) is 0 Å². The van der Waals surface area contributed by atoms with Gasteiger partial charge in [-0.2, -0.15) is 0 Å². The summed E-state index contributed by atoms with van der Waals surface area (Å²) >= 11 is 0. The average molecular weight is 350 g/mol. The minimum Gasteiger partial charge on any atom is -0.481 e. The molecular weight excluding hydrogens is 320 g/mol. The van der Waals surface area contributed by atoms with Crippen molar-refractivity contribution < 1.29 is 19.5 Å². The summed E-state index contributed by atoms with van der Waals surface area (Å²) in [5, 5.41) is 9.25. The van der Waals surface area contributed by atoms with E-state index in [9.17, 15) is 19.5 Å². The molecule has 1 rings (SSSR count). The first-order valence-electron chi connectivity index (χ1n) is 9.26. The number of Topliss-reactive ketones (excluding diaryl/α,β-unsaturated/α-hetero) is 2. The van der Waals surface area contributed by atoms with Gasteiger partial charge in [0.25, 0.3) is 0 Å². The van der Waals surface area contributed by atoms with Gasteiger partial charge in [-0.15, -0.1) is 0 Å². The first-order valence-corrected chi connectivity index (χ1v) is 9.26. The maximum absolute atomic E-state index is 12.0. The Bertz CT molecular complexity index is 526. The molecule has 2 N–H and O–H groups in total. The van der Waals surface area contributed by atoms with Crippen molar-refractivity contribution in [2.75, 3.05) is 0 Å². The first-order chi connectivity index (χ1) is 12.0. The molecule has 0 aromatic carbocycles. The lowest BCUT2D eigenvalue weighted by Gasteiger charge is -2.10. The van der Waals surface area contributed by atoms with Crippen LogP contribution >= 0.6 is 0 Å². The van der Waals surface area contributed by atoms with Crippen LogP contribution in [0.4, 0.5) is 0 Å². The predicted octanol–water partition coefficient (Wildman–Crippen LogP) is 3.71. The Morgan fingerprint density at radius 1 is 1.04 bits per heavy atom. The van der Waals surface area contributed by atoms with Crippen molar-refractivity contribution >= 4 is 17.5 Å². The van der Waals surface area contributed by atoms with Crippen molar-refractivity contribution in [3.05, 3.63) is 18.2 Å². The monoisotopic (exact) mass is 350 g/mol. The Kier molecular flexibility index (Phi) is 10.4. The molecule has 25 heavy (non-hydrogen) atoms. The highest BCUT2D eigenvalue weighted by Crippen LogP contribution is 2.14. The van der Waals surface area contributed by atoms with Crippen LogP contribution in [0.5, 0.6) is 0 Å². The molecule has 1 aromatic rings. The lowest BCUT2D eigenvalue weighted by atomic mass is 9.95. The minimum atomic E-state index is -0.980. The number of carboxylic acid groups (broad SMARTS) is 1. The van der Waals surface area contributed by atoms with E-state index in [4.69, 9.17) is 0 Å². The van der Waals surface area contributed by atoms with Gasteiger partial charge in [0.05, 0.1) is 12.2 Å². The standard InChI is InChI=1S/C19H30N2O4/c1-2-3-4-5-6-8-17(22)9-7-10-18(23)12-15(19(24)25)11-16-13-20-14-21-16/h13-15H,2-12H2,1H3,(H,20,21)(H,24,25). The molecule has 0 radical (unpaired) electrons. The molecule has 0 saturated carbocycles. The smallest absolute Gasteiger partial charge is 0.307 e. The molecule has 1 heterocycles. The number of ketones is 2. The SMILES string of the molecule is CCCCCCCC(=O)CCCC(=O)CC(Cc1cnc[nH]1)C(=O)O. The number of aliphatic carboxylic acids is 1. The Morgan fingerprint density at radius 2 is 1.72 bits per heavy atom. The Hall–Kier alpha value is -1.98. The third-order valence-corrected chi connectivity index (χ3v) is 4.31. The zero-order valence-electron chi connectivity index (χ0n) is 15.1. The lowest BCUT2D eigenvalue weighted by molar-refractivity contribution is -0.143. The van der Waals surface area contributed by atoms with Crippen LogP contribution < -0.4 is 0 Å². The van der Waals surface area contributed by atoms with E-state index in [0.717, 1.165) is 12.8 Å². The first kappa shape index (κ1) is 21.1. The number of carbonyl (C=O) groups excluding carboxylic acids is 2. The Labute approximate surface area is 149 Å². The topological polar surface area (TPSA) is 100 Å². The zero-order valence-corrected chi connectivity index (χ0v) is 15.1. The molecular formula is C19H30N2O4. The quantitative estimate of drug-likeness (QED) is 0.470. The Balaban J connectivity index is 2.19. The number of aromatic nitrogens is 2. The van der Waals surface area contributed by atoms with E-state index in [2.05, 4.69) is 16.9 Å². The summed E-state index contributed by atoms with van der Waals surface area (Å²) in [6, 6.07) is 0. The van der Waals surface area contributed by atoms with Gasteiger partial charge in [-0.25, -0.2) is 4.98 Å². The number of carbonyl (C=O) groups is 3. The number of aromatic amines is 1. The van der Waals surface area contributed by atoms with Gasteiger partial charge in [0.2, 0.25) is 0 Å². The van der Waals surface area contributed by atoms with Gasteiger partial charge in [0.1, 0.15) is 11.6 Å². The number of carboxylic acids is 1. The van der Waals surface area contributed by atoms with Crippen LogP contribution in [0.15, 0.2) is 12.5 Å². The summed E-state index contributed by atoms with van der Waals surface area (Å²) in [5.41, 5.74) is 0.707. The minimum absolute atomic E-state index is 0.000435. The van der Waals surface area contributed by atoms with Crippen LogP contribution in [-0.4, -0.2) is 32.6 Å². The summed E-state index contributed by atoms with van der Waals surface area (Å²) in [5.74, 6) is -1.62. The number of nitrogens with one attached hydrogen (secondary N) is 1. The predicted molar refractivity (Wildman–Crippen MR) is 95.3 cm³/mol. The largest absolute Gasteiger partial charge is 0.481 e. The van der Waals surface area contributed by atoms with Gasteiger partial charge >= 0.3 is 5.97 Å². The van der Waals surface area contributed by atoms with Crippen molar-refractivity contribution in [2.24, 2.45) is 5.92 Å². The molecule has 0 aliphatic rings. The molecule has 0 aliphatic carbocycles. The van der Waals surface area contributed by atoms with E-state index in [0.29, 0.717) is 25.0 Å². The number of unbranched alkanes of at least 4 members (excludes halogenated alkanes) is 4. The summed E-state index contributed by atoms with van der Waals surface area (Å²) in [6.07, 6.45) is 10.7. The van der Waals surface area contributed by atoms with Crippen molar-refractivity contribution in [3.8, 4) is 0 Å². The molecule has 6 nitrogen and oxygen atoms in total. The van der Waals surface area contributed by atoms with E-state index >= 15 is 0 Å². The van der Waals surface area contributed by atoms with Crippen LogP contribution in [0.2, 0.25) is 0 Å². The van der Waals surface area contributed by atoms with Crippen LogP contribution in [0.1, 0.15) is 76.8 Å². The van der Waals surface area contributed by atoms with Gasteiger partial charge in [-0.3, -0.25) is 14.4 Å². The van der Waals surface area contributed by atoms with E-state index < -0.39 is 11.9 Å². The maximum Gasteiger partial charge on any atom is 0.307 e. The average Bonchev–Trinajstić information content (AvgIpc) is 3.07. The molecule has 0 bridgehead atoms. The normalized spacial score (nSPS) is 12.0. The molecule has 6 heteroatoms. The summed E-state index contributed by atoms with van der Waals surface area (Å²) < 4.78 is 0. The summed E-state index contributed by atoms with van der Waals surface area (Å²) in [7, 11) is 0. The molecule has 0 spiro atoms. The fraction of sp³-hybridized carbons (Fsp3) is 0.684. The van der Waals surface area contributed by atoms with Crippen molar-refractivity contribution in [2.45, 2.75) is 77.6 Å². The lowest BCUT2D eigenvalue weighted by Crippen LogP contribution is -2.20. The van der Waals surface area contributed by atoms with E-state index in [1.165, 1.54) is 25.6 Å². The van der Waals surface area contributed by atoms with Crippen LogP contribution in [0, 0.1) is 5.92 Å². The third kappa shape index (κ3) is 9.79. The van der Waals surface area contributed by atoms with Gasteiger partial charge < -0.3 is 10.1 Å². The van der Waals surface area contributed by atoms with Crippen LogP contribution in [0.3, 0.4) is 0 Å². The second-order valence-electron chi connectivity index (χ2n) is 6.62. The zero-order chi connectivity index (χ0) is 18.5. The second-order valence-corrected chi connectivity index (χ2v) is 6.62. The number of H-pyrrole nitrogens is 1. The molecule has 0 fully saturated rings. The third-order valence-electron chi connectivity index (χ3n) is 4.31. The number of hydrogen-bond donors (Lipinski definition) is 2. The van der Waals surface area contributed by atoms with Gasteiger partial charge in [-0.1, -0.05) is 32.6 Å². The molecule has 0 aliphatic heterocycles. The number of imidazole rings is 1. The van der Waals surface area contributed by atoms with E-state index in [1.54, 1.807) is 6.20 Å². The van der Waals surface area contributed by atoms with Crippen LogP contribution in [-0.2, 0) is 20.8 Å². The fourth-order valence-electron chi connectivity index (χ4n) is 2.82.